The van der Waals surface area contributed by atoms with Gasteiger partial charge in [0.05, 0.1) is 12.8 Å². The number of benzene rings is 1. The van der Waals surface area contributed by atoms with Crippen molar-refractivity contribution in [1.82, 2.24) is 5.32 Å². The van der Waals surface area contributed by atoms with E-state index in [-0.39, 0.29) is 23.4 Å². The average molecular weight is 535 g/mol. The Kier molecular flexibility index (Phi) is 7.71. The highest BCUT2D eigenvalue weighted by atomic mass is 16.6. The van der Waals surface area contributed by atoms with Gasteiger partial charge in [0.25, 0.3) is 5.91 Å². The lowest BCUT2D eigenvalue weighted by Crippen LogP contribution is -2.51. The third-order valence-electron chi connectivity index (χ3n) is 10.7. The highest BCUT2D eigenvalue weighted by Crippen LogP contribution is 2.66. The molecular weight excluding hydrogens is 492 g/mol. The van der Waals surface area contributed by atoms with Crippen LogP contribution in [-0.4, -0.2) is 37.1 Å². The number of oxime groups is 1. The smallest absolute Gasteiger partial charge is 0.333 e. The summed E-state index contributed by atoms with van der Waals surface area (Å²) >= 11 is 0. The topological polar surface area (TPSA) is 94.1 Å². The van der Waals surface area contributed by atoms with Crippen LogP contribution in [0.4, 0.5) is 0 Å². The quantitative estimate of drug-likeness (QED) is 0.365. The second-order valence-corrected chi connectivity index (χ2v) is 12.6. The van der Waals surface area contributed by atoms with E-state index in [0.717, 1.165) is 37.8 Å². The lowest BCUT2D eigenvalue weighted by molar-refractivity contribution is -0.145. The number of fused-ring (bicyclic) bond motifs is 5. The number of ether oxygens (including phenoxy) is 1. The molecule has 0 heterocycles. The van der Waals surface area contributed by atoms with Crippen LogP contribution >= 0.6 is 0 Å². The predicted molar refractivity (Wildman–Crippen MR) is 149 cm³/mol. The number of nitrogens with zero attached hydrogens (tertiary/aromatic N) is 1. The fourth-order valence-electron chi connectivity index (χ4n) is 8.73. The molecule has 1 amide bonds. The molecule has 1 aromatic carbocycles. The Morgan fingerprint density at radius 1 is 1.03 bits per heavy atom. The zero-order valence-corrected chi connectivity index (χ0v) is 23.7. The molecule has 0 spiro atoms. The highest BCUT2D eigenvalue weighted by molar-refractivity contribution is 5.96. The van der Waals surface area contributed by atoms with Crippen LogP contribution in [0.3, 0.4) is 0 Å². The van der Waals surface area contributed by atoms with Gasteiger partial charge in [0.2, 0.25) is 0 Å². The van der Waals surface area contributed by atoms with Crippen LogP contribution in [0, 0.1) is 34.5 Å². The Bertz CT molecular complexity index is 1180. The normalized spacial score (nSPS) is 35.1. The van der Waals surface area contributed by atoms with Crippen LogP contribution in [0.2, 0.25) is 0 Å². The number of amides is 1. The summed E-state index contributed by atoms with van der Waals surface area (Å²) in [5.41, 5.74) is 3.32. The van der Waals surface area contributed by atoms with Crippen LogP contribution in [0.15, 0.2) is 47.1 Å². The van der Waals surface area contributed by atoms with E-state index in [1.165, 1.54) is 31.9 Å². The lowest BCUT2D eigenvalue weighted by Gasteiger charge is -2.58. The number of carbonyl (C=O) groups excluding carboxylic acids is 3. The minimum Gasteiger partial charge on any atom is -0.467 e. The van der Waals surface area contributed by atoms with E-state index < -0.39 is 17.9 Å². The van der Waals surface area contributed by atoms with Gasteiger partial charge >= 0.3 is 5.97 Å². The Labute approximate surface area is 231 Å². The number of nitrogens with one attached hydrogen (secondary N) is 1. The van der Waals surface area contributed by atoms with Crippen molar-refractivity contribution in [3.05, 3.63) is 47.5 Å². The second kappa shape index (κ2) is 10.9. The summed E-state index contributed by atoms with van der Waals surface area (Å²) in [5, 5.41) is 7.00. The van der Waals surface area contributed by atoms with Gasteiger partial charge in [-0.05, 0) is 98.5 Å². The van der Waals surface area contributed by atoms with Crippen molar-refractivity contribution >= 4 is 23.4 Å². The molecule has 3 fully saturated rings. The highest BCUT2D eigenvalue weighted by Gasteiger charge is 2.59. The Hall–Kier alpha value is -2.96. The summed E-state index contributed by atoms with van der Waals surface area (Å²) in [7, 11) is 1.30. The molecule has 0 aliphatic heterocycles. The fourth-order valence-corrected chi connectivity index (χ4v) is 8.73. The molecule has 4 aliphatic carbocycles. The summed E-state index contributed by atoms with van der Waals surface area (Å²) in [5.74, 6) is 1.66. The minimum atomic E-state index is -0.893. The fraction of sp³-hybridized carbons (Fsp3) is 0.625. The van der Waals surface area contributed by atoms with Crippen LogP contribution in [0.25, 0.3) is 0 Å². The first-order valence-corrected chi connectivity index (χ1v) is 14.5. The largest absolute Gasteiger partial charge is 0.467 e. The summed E-state index contributed by atoms with van der Waals surface area (Å²) in [6, 6.07) is 8.10. The summed E-state index contributed by atoms with van der Waals surface area (Å²) in [6.45, 7) is 6.36. The molecule has 0 saturated heterocycles. The molecule has 0 radical (unpaired) electrons. The van der Waals surface area contributed by atoms with E-state index in [2.05, 4.69) is 30.4 Å². The van der Waals surface area contributed by atoms with Crippen LogP contribution < -0.4 is 5.32 Å². The molecular formula is C32H42N2O5. The van der Waals surface area contributed by atoms with Gasteiger partial charge in [-0.2, -0.15) is 0 Å². The molecule has 1 unspecified atom stereocenters. The number of carbonyl (C=O) groups is 3. The molecule has 39 heavy (non-hydrogen) atoms. The SMILES string of the molecule is COC(=O)C(NC(=O)CON=C1C=C2CC[C@H]3[C@@H]4CC[C@H](C(C)=O)[C@@]4(C)CC[C@@H]3[C@@]2(C)CC1)c1ccccc1. The number of methoxy groups -OCH3 is 1. The maximum Gasteiger partial charge on any atom is 0.333 e. The third-order valence-corrected chi connectivity index (χ3v) is 10.7. The van der Waals surface area contributed by atoms with Gasteiger partial charge < -0.3 is 14.9 Å². The van der Waals surface area contributed by atoms with E-state index in [0.29, 0.717) is 29.1 Å². The first kappa shape index (κ1) is 27.6. The molecule has 0 aromatic heterocycles. The van der Waals surface area contributed by atoms with Crippen molar-refractivity contribution in [1.29, 1.82) is 0 Å². The number of ketones is 1. The number of rotatable bonds is 7. The van der Waals surface area contributed by atoms with E-state index >= 15 is 0 Å². The van der Waals surface area contributed by atoms with Crippen LogP contribution in [0.5, 0.6) is 0 Å². The van der Waals surface area contributed by atoms with E-state index in [1.54, 1.807) is 31.2 Å². The van der Waals surface area contributed by atoms with Gasteiger partial charge in [0, 0.05) is 5.92 Å². The molecule has 1 N–H and O–H groups in total. The zero-order valence-electron chi connectivity index (χ0n) is 23.7. The van der Waals surface area contributed by atoms with E-state index in [4.69, 9.17) is 9.57 Å². The lowest BCUT2D eigenvalue weighted by atomic mass is 9.46. The van der Waals surface area contributed by atoms with Crippen LogP contribution in [0.1, 0.15) is 83.7 Å². The number of allylic oxidation sites excluding steroid dienone is 2. The molecule has 5 rings (SSSR count). The third kappa shape index (κ3) is 5.05. The molecule has 7 nitrogen and oxygen atoms in total. The molecule has 7 heteroatoms. The number of hydrogen-bond donors (Lipinski definition) is 1. The van der Waals surface area contributed by atoms with Gasteiger partial charge in [0.1, 0.15) is 5.78 Å². The van der Waals surface area contributed by atoms with Gasteiger partial charge in [-0.25, -0.2) is 4.79 Å². The van der Waals surface area contributed by atoms with Crippen molar-refractivity contribution in [3.63, 3.8) is 0 Å². The monoisotopic (exact) mass is 534 g/mol. The van der Waals surface area contributed by atoms with Crippen LogP contribution in [-0.2, 0) is 24.0 Å². The standard InChI is InChI=1S/C32H42N2O5/c1-20(35)25-12-13-26-24-11-10-22-18-23(14-16-31(22,2)27(24)15-17-32(25,26)3)34-39-19-28(36)33-29(30(37)38-4)21-8-6-5-7-9-21/h5-9,18,24-27,29H,10-17,19H2,1-4H3,(H,33,36)/t24-,25+,26-,27-,29?,31-,32+/m0/s1. The van der Waals surface area contributed by atoms with Gasteiger partial charge in [-0.1, -0.05) is 54.9 Å². The zero-order chi connectivity index (χ0) is 27.8. The maximum absolute atomic E-state index is 12.6. The molecule has 7 atom stereocenters. The van der Waals surface area contributed by atoms with E-state index in [9.17, 15) is 14.4 Å². The van der Waals surface area contributed by atoms with Gasteiger partial charge in [0.15, 0.2) is 12.6 Å². The summed E-state index contributed by atoms with van der Waals surface area (Å²) in [6.07, 6.45) is 10.9. The Balaban J connectivity index is 1.22. The van der Waals surface area contributed by atoms with Crippen molar-refractivity contribution in [2.75, 3.05) is 13.7 Å². The number of hydrogen-bond acceptors (Lipinski definition) is 6. The number of esters is 1. The first-order chi connectivity index (χ1) is 18.7. The minimum absolute atomic E-state index is 0.165. The second-order valence-electron chi connectivity index (χ2n) is 12.6. The van der Waals surface area contributed by atoms with Crippen molar-refractivity contribution in [3.8, 4) is 0 Å². The van der Waals surface area contributed by atoms with Crippen molar-refractivity contribution in [2.24, 2.45) is 39.7 Å². The van der Waals surface area contributed by atoms with Crippen molar-refractivity contribution < 1.29 is 24.0 Å². The summed E-state index contributed by atoms with van der Waals surface area (Å²) < 4.78 is 4.86. The first-order valence-electron chi connectivity index (χ1n) is 14.5. The molecule has 1 aromatic rings. The molecule has 0 bridgehead atoms. The Morgan fingerprint density at radius 3 is 2.51 bits per heavy atom. The summed E-state index contributed by atoms with van der Waals surface area (Å²) in [4.78, 5) is 42.6. The molecule has 3 saturated carbocycles. The van der Waals surface area contributed by atoms with Crippen molar-refractivity contribution in [2.45, 2.75) is 78.2 Å². The van der Waals surface area contributed by atoms with E-state index in [1.807, 2.05) is 6.07 Å². The molecule has 4 aliphatic rings. The maximum atomic E-state index is 12.6. The van der Waals surface area contributed by atoms with Gasteiger partial charge in [-0.15, -0.1) is 0 Å². The van der Waals surface area contributed by atoms with Gasteiger partial charge in [-0.3, -0.25) is 9.59 Å². The predicted octanol–water partition coefficient (Wildman–Crippen LogP) is 5.56. The Morgan fingerprint density at radius 2 is 1.79 bits per heavy atom. The number of Topliss-reactive ketones (excluding diaryl/α,β-unsaturated/α-hetero) is 1. The molecule has 210 valence electrons. The average Bonchev–Trinajstić information content (AvgIpc) is 3.29.